The zero-order valence-electron chi connectivity index (χ0n) is 15.0. The van der Waals surface area contributed by atoms with E-state index < -0.39 is 0 Å². The van der Waals surface area contributed by atoms with E-state index in [1.807, 2.05) is 17.5 Å². The van der Waals surface area contributed by atoms with Crippen LogP contribution in [-0.4, -0.2) is 21.4 Å². The van der Waals surface area contributed by atoms with Crippen LogP contribution in [0.15, 0.2) is 36.5 Å². The zero-order valence-corrected chi connectivity index (χ0v) is 15.9. The summed E-state index contributed by atoms with van der Waals surface area (Å²) < 4.78 is 0. The van der Waals surface area contributed by atoms with Crippen molar-refractivity contribution in [3.05, 3.63) is 68.7 Å². The Hall–Kier alpha value is -2.04. The van der Waals surface area contributed by atoms with Crippen molar-refractivity contribution in [3.63, 3.8) is 0 Å². The van der Waals surface area contributed by atoms with Gasteiger partial charge in [-0.2, -0.15) is 0 Å². The summed E-state index contributed by atoms with van der Waals surface area (Å²) in [5, 5.41) is 0. The molecule has 0 aliphatic carbocycles. The molecule has 0 unspecified atom stereocenters. The third-order valence-electron chi connectivity index (χ3n) is 4.93. The number of nitrogens with zero attached hydrogens (tertiary/aromatic N) is 3. The van der Waals surface area contributed by atoms with Crippen molar-refractivity contribution in [1.29, 1.82) is 0 Å². The Morgan fingerprint density at radius 3 is 2.64 bits per heavy atom. The van der Waals surface area contributed by atoms with Gasteiger partial charge in [0.2, 0.25) is 0 Å². The SMILES string of the molecule is Cc1ccc(-c2ncc3c(n2)CN(Cc2cc(C)c(C)s2)CC3)cc1. The largest absolute Gasteiger partial charge is 0.292 e. The average molecular weight is 350 g/mol. The van der Waals surface area contributed by atoms with E-state index in [0.717, 1.165) is 37.4 Å². The molecule has 0 saturated heterocycles. The van der Waals surface area contributed by atoms with Crippen LogP contribution in [0.1, 0.15) is 32.1 Å². The summed E-state index contributed by atoms with van der Waals surface area (Å²) in [6.07, 6.45) is 3.06. The maximum absolute atomic E-state index is 4.88. The summed E-state index contributed by atoms with van der Waals surface area (Å²) in [6.45, 7) is 9.51. The fraction of sp³-hybridized carbons (Fsp3) is 0.333. The predicted molar refractivity (Wildman–Crippen MR) is 104 cm³/mol. The molecule has 0 fully saturated rings. The van der Waals surface area contributed by atoms with Gasteiger partial charge in [-0.15, -0.1) is 11.3 Å². The van der Waals surface area contributed by atoms with Crippen molar-refractivity contribution in [2.45, 2.75) is 40.3 Å². The second-order valence-corrected chi connectivity index (χ2v) is 8.29. The molecule has 3 heterocycles. The molecule has 1 aromatic carbocycles. The number of hydrogen-bond donors (Lipinski definition) is 0. The number of fused-ring (bicyclic) bond motifs is 1. The van der Waals surface area contributed by atoms with E-state index in [9.17, 15) is 0 Å². The summed E-state index contributed by atoms with van der Waals surface area (Å²) in [5.41, 5.74) is 6.23. The van der Waals surface area contributed by atoms with Crippen LogP contribution in [0.25, 0.3) is 11.4 Å². The van der Waals surface area contributed by atoms with Gasteiger partial charge in [-0.1, -0.05) is 29.8 Å². The Morgan fingerprint density at radius 2 is 1.92 bits per heavy atom. The lowest BCUT2D eigenvalue weighted by Crippen LogP contribution is -2.30. The number of aryl methyl sites for hydroxylation is 3. The topological polar surface area (TPSA) is 29.0 Å². The Balaban J connectivity index is 1.55. The molecular weight excluding hydrogens is 326 g/mol. The molecule has 4 rings (SSSR count). The summed E-state index contributed by atoms with van der Waals surface area (Å²) in [7, 11) is 0. The van der Waals surface area contributed by atoms with Gasteiger partial charge in [-0.3, -0.25) is 4.90 Å². The van der Waals surface area contributed by atoms with Crippen molar-refractivity contribution >= 4 is 11.3 Å². The van der Waals surface area contributed by atoms with Crippen molar-refractivity contribution in [3.8, 4) is 11.4 Å². The van der Waals surface area contributed by atoms with E-state index in [4.69, 9.17) is 4.98 Å². The molecule has 1 aliphatic heterocycles. The summed E-state index contributed by atoms with van der Waals surface area (Å²) in [4.78, 5) is 14.8. The first kappa shape index (κ1) is 16.4. The fourth-order valence-corrected chi connectivity index (χ4v) is 4.38. The normalized spacial score (nSPS) is 14.5. The summed E-state index contributed by atoms with van der Waals surface area (Å²) in [6, 6.07) is 10.8. The molecule has 3 aromatic rings. The lowest BCUT2D eigenvalue weighted by Gasteiger charge is -2.27. The van der Waals surface area contributed by atoms with Crippen molar-refractivity contribution < 1.29 is 0 Å². The Morgan fingerprint density at radius 1 is 1.12 bits per heavy atom. The van der Waals surface area contributed by atoms with Gasteiger partial charge in [-0.25, -0.2) is 9.97 Å². The fourth-order valence-electron chi connectivity index (χ4n) is 3.28. The van der Waals surface area contributed by atoms with Crippen LogP contribution < -0.4 is 0 Å². The highest BCUT2D eigenvalue weighted by atomic mass is 32.1. The van der Waals surface area contributed by atoms with Gasteiger partial charge in [0.05, 0.1) is 5.69 Å². The minimum Gasteiger partial charge on any atom is -0.292 e. The molecule has 0 atom stereocenters. The van der Waals surface area contributed by atoms with Gasteiger partial charge < -0.3 is 0 Å². The molecule has 0 saturated carbocycles. The number of benzene rings is 1. The van der Waals surface area contributed by atoms with E-state index >= 15 is 0 Å². The molecule has 0 N–H and O–H groups in total. The number of rotatable bonds is 3. The van der Waals surface area contributed by atoms with Gasteiger partial charge in [0.25, 0.3) is 0 Å². The third kappa shape index (κ3) is 3.51. The minimum atomic E-state index is 0.836. The lowest BCUT2D eigenvalue weighted by molar-refractivity contribution is 0.243. The second-order valence-electron chi connectivity index (χ2n) is 6.94. The first-order valence-electron chi connectivity index (χ1n) is 8.78. The predicted octanol–water partition coefficient (Wildman–Crippen LogP) is 4.69. The Labute approximate surface area is 153 Å². The molecule has 0 bridgehead atoms. The molecule has 2 aromatic heterocycles. The minimum absolute atomic E-state index is 0.836. The molecule has 25 heavy (non-hydrogen) atoms. The monoisotopic (exact) mass is 349 g/mol. The first-order chi connectivity index (χ1) is 12.1. The van der Waals surface area contributed by atoms with Gasteiger partial charge in [0.1, 0.15) is 0 Å². The highest BCUT2D eigenvalue weighted by Gasteiger charge is 2.19. The average Bonchev–Trinajstić information content (AvgIpc) is 2.92. The third-order valence-corrected chi connectivity index (χ3v) is 6.07. The number of hydrogen-bond acceptors (Lipinski definition) is 4. The van der Waals surface area contributed by atoms with E-state index in [1.165, 1.54) is 32.1 Å². The second kappa shape index (κ2) is 6.70. The molecule has 3 nitrogen and oxygen atoms in total. The number of thiophene rings is 1. The van der Waals surface area contributed by atoms with Gasteiger partial charge in [0, 0.05) is 41.1 Å². The van der Waals surface area contributed by atoms with Gasteiger partial charge in [0.15, 0.2) is 5.82 Å². The van der Waals surface area contributed by atoms with Crippen LogP contribution >= 0.6 is 11.3 Å². The van der Waals surface area contributed by atoms with Crippen molar-refractivity contribution in [1.82, 2.24) is 14.9 Å². The quantitative estimate of drug-likeness (QED) is 0.687. The van der Waals surface area contributed by atoms with E-state index in [2.05, 4.69) is 61.0 Å². The molecule has 0 radical (unpaired) electrons. The molecule has 0 amide bonds. The van der Waals surface area contributed by atoms with Crippen LogP contribution in [0, 0.1) is 20.8 Å². The van der Waals surface area contributed by atoms with Gasteiger partial charge in [-0.05, 0) is 44.4 Å². The molecule has 0 spiro atoms. The molecule has 1 aliphatic rings. The molecular formula is C21H23N3S. The zero-order chi connectivity index (χ0) is 17.4. The number of aromatic nitrogens is 2. The van der Waals surface area contributed by atoms with E-state index in [-0.39, 0.29) is 0 Å². The summed E-state index contributed by atoms with van der Waals surface area (Å²) >= 11 is 1.92. The smallest absolute Gasteiger partial charge is 0.159 e. The van der Waals surface area contributed by atoms with E-state index in [0.29, 0.717) is 0 Å². The Bertz CT molecular complexity index is 877. The Kier molecular flexibility index (Phi) is 4.40. The highest BCUT2D eigenvalue weighted by molar-refractivity contribution is 7.12. The molecule has 4 heteroatoms. The molecule has 128 valence electrons. The van der Waals surface area contributed by atoms with Crippen LogP contribution in [0.3, 0.4) is 0 Å². The maximum Gasteiger partial charge on any atom is 0.159 e. The van der Waals surface area contributed by atoms with Crippen LogP contribution in [0.4, 0.5) is 0 Å². The van der Waals surface area contributed by atoms with Crippen molar-refractivity contribution in [2.75, 3.05) is 6.54 Å². The van der Waals surface area contributed by atoms with Crippen LogP contribution in [0.5, 0.6) is 0 Å². The standard InChI is InChI=1S/C21H23N3S/c1-14-4-6-17(7-5-14)21-22-11-18-8-9-24(13-20(18)23-21)12-19-10-15(2)16(3)25-19/h4-7,10-11H,8-9,12-13H2,1-3H3. The van der Waals surface area contributed by atoms with Crippen LogP contribution in [0.2, 0.25) is 0 Å². The summed E-state index contributed by atoms with van der Waals surface area (Å²) in [5.74, 6) is 0.836. The van der Waals surface area contributed by atoms with Gasteiger partial charge >= 0.3 is 0 Å². The van der Waals surface area contributed by atoms with E-state index in [1.54, 1.807) is 0 Å². The van der Waals surface area contributed by atoms with Crippen molar-refractivity contribution in [2.24, 2.45) is 0 Å². The lowest BCUT2D eigenvalue weighted by atomic mass is 10.1. The van der Waals surface area contributed by atoms with Crippen LogP contribution in [-0.2, 0) is 19.5 Å². The highest BCUT2D eigenvalue weighted by Crippen LogP contribution is 2.26. The first-order valence-corrected chi connectivity index (χ1v) is 9.60. The maximum atomic E-state index is 4.88.